The van der Waals surface area contributed by atoms with Crippen LogP contribution in [0.25, 0.3) is 0 Å². The largest absolute Gasteiger partial charge is 0.495 e. The second-order valence-electron chi connectivity index (χ2n) is 2.97. The van der Waals surface area contributed by atoms with Crippen LogP contribution in [0.15, 0.2) is 12.1 Å². The van der Waals surface area contributed by atoms with Crippen LogP contribution in [0.2, 0.25) is 5.02 Å². The van der Waals surface area contributed by atoms with Gasteiger partial charge in [0, 0.05) is 6.42 Å². The van der Waals surface area contributed by atoms with E-state index in [4.69, 9.17) is 21.4 Å². The zero-order valence-electron chi connectivity index (χ0n) is 8.09. The minimum Gasteiger partial charge on any atom is -0.495 e. The van der Waals surface area contributed by atoms with Crippen molar-refractivity contribution in [1.82, 2.24) is 0 Å². The second-order valence-corrected chi connectivity index (χ2v) is 3.38. The lowest BCUT2D eigenvalue weighted by molar-refractivity contribution is -0.136. The predicted octanol–water partition coefficient (Wildman–Crippen LogP) is 2.50. The van der Waals surface area contributed by atoms with Crippen LogP contribution in [0.1, 0.15) is 12.0 Å². The number of carboxylic acid groups (broad SMARTS) is 1. The van der Waals surface area contributed by atoms with Gasteiger partial charge in [0.25, 0.3) is 0 Å². The molecule has 0 aromatic heterocycles. The standard InChI is InChI=1S/C10H10ClFO3/c1-15-9-4-6(2-3-10(13)14)8(12)5-7(9)11/h4-5H,2-3H2,1H3,(H,13,14). The summed E-state index contributed by atoms with van der Waals surface area (Å²) in [5.74, 6) is -1.14. The Hall–Kier alpha value is -1.29. The Morgan fingerprint density at radius 3 is 2.80 bits per heavy atom. The summed E-state index contributed by atoms with van der Waals surface area (Å²) in [6.07, 6.45) is -0.00357. The third-order valence-electron chi connectivity index (χ3n) is 1.93. The molecule has 15 heavy (non-hydrogen) atoms. The van der Waals surface area contributed by atoms with Crippen LogP contribution < -0.4 is 4.74 Å². The van der Waals surface area contributed by atoms with Crippen molar-refractivity contribution in [2.75, 3.05) is 7.11 Å². The van der Waals surface area contributed by atoms with Gasteiger partial charge in [-0.3, -0.25) is 4.79 Å². The number of aryl methyl sites for hydroxylation is 1. The van der Waals surface area contributed by atoms with Crippen LogP contribution in [0.5, 0.6) is 5.75 Å². The molecule has 0 radical (unpaired) electrons. The summed E-state index contributed by atoms with van der Waals surface area (Å²) in [6, 6.07) is 2.54. The van der Waals surface area contributed by atoms with Gasteiger partial charge < -0.3 is 9.84 Å². The average Bonchev–Trinajstić information content (AvgIpc) is 2.16. The Balaban J connectivity index is 2.92. The molecule has 0 unspecified atom stereocenters. The number of methoxy groups -OCH3 is 1. The van der Waals surface area contributed by atoms with Crippen LogP contribution in [0.3, 0.4) is 0 Å². The van der Waals surface area contributed by atoms with Crippen LogP contribution in [-0.2, 0) is 11.2 Å². The van der Waals surface area contributed by atoms with Gasteiger partial charge in [-0.1, -0.05) is 11.6 Å². The Kier molecular flexibility index (Phi) is 3.91. The van der Waals surface area contributed by atoms with Gasteiger partial charge in [0.1, 0.15) is 11.6 Å². The van der Waals surface area contributed by atoms with E-state index in [2.05, 4.69) is 0 Å². The van der Waals surface area contributed by atoms with Crippen molar-refractivity contribution in [2.45, 2.75) is 12.8 Å². The maximum atomic E-state index is 13.3. The third-order valence-corrected chi connectivity index (χ3v) is 2.22. The Labute approximate surface area is 91.4 Å². The number of rotatable bonds is 4. The fourth-order valence-corrected chi connectivity index (χ4v) is 1.39. The highest BCUT2D eigenvalue weighted by atomic mass is 35.5. The highest BCUT2D eigenvalue weighted by Crippen LogP contribution is 2.27. The van der Waals surface area contributed by atoms with Crippen LogP contribution in [0, 0.1) is 5.82 Å². The monoisotopic (exact) mass is 232 g/mol. The lowest BCUT2D eigenvalue weighted by Gasteiger charge is -2.07. The van der Waals surface area contributed by atoms with Crippen LogP contribution in [-0.4, -0.2) is 18.2 Å². The highest BCUT2D eigenvalue weighted by Gasteiger charge is 2.10. The summed E-state index contributed by atoms with van der Waals surface area (Å²) < 4.78 is 18.2. The Morgan fingerprint density at radius 1 is 1.60 bits per heavy atom. The van der Waals surface area contributed by atoms with E-state index in [1.165, 1.54) is 13.2 Å². The predicted molar refractivity (Wildman–Crippen MR) is 53.9 cm³/mol. The normalized spacial score (nSPS) is 10.1. The zero-order chi connectivity index (χ0) is 11.4. The topological polar surface area (TPSA) is 46.5 Å². The summed E-state index contributed by atoms with van der Waals surface area (Å²) in [5.41, 5.74) is 0.290. The first-order valence-electron chi connectivity index (χ1n) is 4.28. The number of carboxylic acids is 1. The fourth-order valence-electron chi connectivity index (χ4n) is 1.16. The van der Waals surface area contributed by atoms with Gasteiger partial charge in [0.15, 0.2) is 0 Å². The molecule has 0 aliphatic carbocycles. The van der Waals surface area contributed by atoms with Crippen LogP contribution >= 0.6 is 11.6 Å². The number of benzene rings is 1. The highest BCUT2D eigenvalue weighted by molar-refractivity contribution is 6.32. The molecule has 0 saturated carbocycles. The van der Waals surface area contributed by atoms with Crippen molar-refractivity contribution in [3.05, 3.63) is 28.5 Å². The first kappa shape index (κ1) is 11.8. The summed E-state index contributed by atoms with van der Waals surface area (Å²) in [6.45, 7) is 0. The van der Waals surface area contributed by atoms with Gasteiger partial charge >= 0.3 is 5.97 Å². The van der Waals surface area contributed by atoms with Gasteiger partial charge in [-0.15, -0.1) is 0 Å². The molecule has 0 saturated heterocycles. The number of hydrogen-bond donors (Lipinski definition) is 1. The first-order valence-corrected chi connectivity index (χ1v) is 4.66. The van der Waals surface area contributed by atoms with E-state index in [0.717, 1.165) is 6.07 Å². The van der Waals surface area contributed by atoms with Crippen molar-refractivity contribution >= 4 is 17.6 Å². The summed E-state index contributed by atoms with van der Waals surface area (Å²) >= 11 is 5.68. The molecular formula is C10H10ClFO3. The Bertz CT molecular complexity index is 379. The van der Waals surface area contributed by atoms with E-state index in [1.54, 1.807) is 0 Å². The molecule has 0 amide bonds. The average molecular weight is 233 g/mol. The molecule has 5 heteroatoms. The van der Waals surface area contributed by atoms with Gasteiger partial charge in [-0.2, -0.15) is 0 Å². The summed E-state index contributed by atoms with van der Waals surface area (Å²) in [7, 11) is 1.42. The molecule has 3 nitrogen and oxygen atoms in total. The number of carbonyl (C=O) groups is 1. The SMILES string of the molecule is COc1cc(CCC(=O)O)c(F)cc1Cl. The molecule has 0 heterocycles. The van der Waals surface area contributed by atoms with E-state index in [1.807, 2.05) is 0 Å². The molecule has 82 valence electrons. The molecule has 1 N–H and O–H groups in total. The lowest BCUT2D eigenvalue weighted by Crippen LogP contribution is -2.00. The molecule has 0 atom stereocenters. The maximum absolute atomic E-state index is 13.3. The quantitative estimate of drug-likeness (QED) is 0.868. The van der Waals surface area contributed by atoms with Gasteiger partial charge in [0.2, 0.25) is 0 Å². The molecular weight excluding hydrogens is 223 g/mol. The van der Waals surface area contributed by atoms with Gasteiger partial charge in [-0.05, 0) is 24.1 Å². The van der Waals surface area contributed by atoms with Crippen molar-refractivity contribution < 1.29 is 19.0 Å². The number of hydrogen-bond acceptors (Lipinski definition) is 2. The molecule has 1 aromatic rings. The number of aliphatic carboxylic acids is 1. The molecule has 0 aliphatic rings. The first-order chi connectivity index (χ1) is 7.04. The summed E-state index contributed by atoms with van der Waals surface area (Å²) in [4.78, 5) is 10.3. The lowest BCUT2D eigenvalue weighted by atomic mass is 10.1. The molecule has 0 bridgehead atoms. The van der Waals surface area contributed by atoms with E-state index < -0.39 is 11.8 Å². The van der Waals surface area contributed by atoms with Crippen molar-refractivity contribution in [1.29, 1.82) is 0 Å². The van der Waals surface area contributed by atoms with E-state index in [-0.39, 0.29) is 17.9 Å². The van der Waals surface area contributed by atoms with E-state index in [9.17, 15) is 9.18 Å². The second kappa shape index (κ2) is 4.98. The third kappa shape index (κ3) is 3.09. The molecule has 1 aromatic carbocycles. The maximum Gasteiger partial charge on any atom is 0.303 e. The molecule has 1 rings (SSSR count). The van der Waals surface area contributed by atoms with Gasteiger partial charge in [0.05, 0.1) is 12.1 Å². The van der Waals surface area contributed by atoms with Crippen molar-refractivity contribution in [2.24, 2.45) is 0 Å². The van der Waals surface area contributed by atoms with E-state index in [0.29, 0.717) is 11.3 Å². The van der Waals surface area contributed by atoms with Crippen molar-refractivity contribution in [3.8, 4) is 5.75 Å². The van der Waals surface area contributed by atoms with Crippen LogP contribution in [0.4, 0.5) is 4.39 Å². The van der Waals surface area contributed by atoms with Crippen molar-refractivity contribution in [3.63, 3.8) is 0 Å². The van der Waals surface area contributed by atoms with Gasteiger partial charge in [-0.25, -0.2) is 4.39 Å². The summed E-state index contributed by atoms with van der Waals surface area (Å²) in [5, 5.41) is 8.64. The van der Waals surface area contributed by atoms with E-state index >= 15 is 0 Å². The number of ether oxygens (including phenoxy) is 1. The molecule has 0 aliphatic heterocycles. The molecule has 0 fully saturated rings. The smallest absolute Gasteiger partial charge is 0.303 e. The minimum atomic E-state index is -0.969. The molecule has 0 spiro atoms. The number of halogens is 2. The minimum absolute atomic E-state index is 0.120. The zero-order valence-corrected chi connectivity index (χ0v) is 8.84. The Morgan fingerprint density at radius 2 is 2.27 bits per heavy atom. The fraction of sp³-hybridized carbons (Fsp3) is 0.300.